The number of aliphatic hydroxyl groups excluding tert-OH is 1. The summed E-state index contributed by atoms with van der Waals surface area (Å²) in [6.07, 6.45) is -0.536. The van der Waals surface area contributed by atoms with E-state index in [1.807, 2.05) is 0 Å². The molecule has 0 spiro atoms. The second kappa shape index (κ2) is 9.07. The largest absolute Gasteiger partial charge is 0.522 e. The lowest BCUT2D eigenvalue weighted by Gasteiger charge is -2.48. The van der Waals surface area contributed by atoms with Crippen molar-refractivity contribution < 1.29 is 41.7 Å². The number of rotatable bonds is 8. The number of nitrogens with zero attached hydrogens (tertiary/aromatic N) is 2. The first-order chi connectivity index (χ1) is 17.0. The lowest BCUT2D eigenvalue weighted by Crippen LogP contribution is -2.61. The van der Waals surface area contributed by atoms with Gasteiger partial charge in [-0.3, -0.25) is 14.2 Å². The summed E-state index contributed by atoms with van der Waals surface area (Å²) in [4.78, 5) is 13.0. The number of amides is 1. The number of fused-ring (bicyclic) bond motifs is 2. The third kappa shape index (κ3) is 4.85. The van der Waals surface area contributed by atoms with Crippen LogP contribution in [0.25, 0.3) is 0 Å². The van der Waals surface area contributed by atoms with Gasteiger partial charge in [-0.1, -0.05) is 11.6 Å². The molecule has 6 rings (SSSR count). The van der Waals surface area contributed by atoms with Crippen LogP contribution in [0.5, 0.6) is 11.5 Å². The fourth-order valence-electron chi connectivity index (χ4n) is 5.48. The van der Waals surface area contributed by atoms with Crippen molar-refractivity contribution in [3.8, 4) is 11.5 Å². The molecule has 2 heterocycles. The molecule has 1 aliphatic heterocycles. The molecule has 1 aromatic carbocycles. The fraction of sp³-hybridized carbons (Fsp3) is 0.565. The van der Waals surface area contributed by atoms with Crippen LogP contribution in [0, 0.1) is 5.82 Å². The highest BCUT2D eigenvalue weighted by Crippen LogP contribution is 2.59. The first-order valence-corrected chi connectivity index (χ1v) is 11.9. The zero-order valence-electron chi connectivity index (χ0n) is 19.0. The van der Waals surface area contributed by atoms with Gasteiger partial charge in [0.2, 0.25) is 0 Å². The molecule has 3 fully saturated rings. The monoisotopic (exact) mass is 533 g/mol. The summed E-state index contributed by atoms with van der Waals surface area (Å²) in [5.41, 5.74) is -0.372. The van der Waals surface area contributed by atoms with Crippen molar-refractivity contribution in [2.45, 2.75) is 68.2 Å². The van der Waals surface area contributed by atoms with E-state index in [4.69, 9.17) is 21.1 Å². The van der Waals surface area contributed by atoms with Gasteiger partial charge in [-0.2, -0.15) is 5.10 Å². The van der Waals surface area contributed by atoms with E-state index in [1.54, 1.807) is 10.9 Å². The van der Waals surface area contributed by atoms with E-state index in [0.717, 1.165) is 18.9 Å². The van der Waals surface area contributed by atoms with Crippen molar-refractivity contribution in [3.05, 3.63) is 40.9 Å². The molecule has 1 aromatic heterocycles. The minimum atomic E-state index is -4.65. The van der Waals surface area contributed by atoms with Gasteiger partial charge < -0.3 is 19.9 Å². The summed E-state index contributed by atoms with van der Waals surface area (Å²) in [6.45, 7) is -0.430. The van der Waals surface area contributed by atoms with Crippen molar-refractivity contribution in [1.82, 2.24) is 15.1 Å². The second-order valence-corrected chi connectivity index (χ2v) is 10.0. The average Bonchev–Trinajstić information content (AvgIpc) is 3.48. The van der Waals surface area contributed by atoms with Crippen molar-refractivity contribution in [3.63, 3.8) is 0 Å². The van der Waals surface area contributed by atoms with Crippen LogP contribution in [0.2, 0.25) is 5.02 Å². The van der Waals surface area contributed by atoms with Crippen LogP contribution in [0.3, 0.4) is 0 Å². The molecule has 36 heavy (non-hydrogen) atoms. The molecular weight excluding hydrogens is 510 g/mol. The molecule has 2 N–H and O–H groups in total. The molecule has 0 saturated heterocycles. The van der Waals surface area contributed by atoms with Gasteiger partial charge in [-0.25, -0.2) is 4.39 Å². The van der Waals surface area contributed by atoms with Gasteiger partial charge in [-0.05, 0) is 31.7 Å². The summed E-state index contributed by atoms with van der Waals surface area (Å²) in [6, 6.07) is 2.38. The highest BCUT2D eigenvalue weighted by molar-refractivity contribution is 6.30. The Morgan fingerprint density at radius 3 is 2.83 bits per heavy atom. The van der Waals surface area contributed by atoms with Crippen molar-refractivity contribution in [1.29, 1.82) is 0 Å². The number of aliphatic hydroxyl groups is 1. The number of ether oxygens (including phenoxy) is 3. The molecule has 196 valence electrons. The lowest BCUT2D eigenvalue weighted by atomic mass is 9.71. The van der Waals surface area contributed by atoms with Crippen LogP contribution in [-0.4, -0.2) is 52.0 Å². The number of carbonyl (C=O) groups is 1. The lowest BCUT2D eigenvalue weighted by molar-refractivity contribution is -0.324. The minimum absolute atomic E-state index is 0.0237. The van der Waals surface area contributed by atoms with Gasteiger partial charge >= 0.3 is 6.36 Å². The molecule has 2 atom stereocenters. The molecule has 3 saturated carbocycles. The van der Waals surface area contributed by atoms with Gasteiger partial charge in [0.1, 0.15) is 11.6 Å². The summed E-state index contributed by atoms with van der Waals surface area (Å²) in [5.74, 6) is -0.535. The summed E-state index contributed by atoms with van der Waals surface area (Å²) in [7, 11) is 0. The van der Waals surface area contributed by atoms with Crippen molar-refractivity contribution >= 4 is 17.5 Å². The second-order valence-electron chi connectivity index (χ2n) is 9.63. The maximum Gasteiger partial charge on any atom is 0.522 e. The van der Waals surface area contributed by atoms with Crippen LogP contribution >= 0.6 is 11.6 Å². The Morgan fingerprint density at radius 2 is 2.08 bits per heavy atom. The molecule has 13 heteroatoms. The topological polar surface area (TPSA) is 94.8 Å². The zero-order chi connectivity index (χ0) is 25.7. The Kier molecular flexibility index (Phi) is 6.32. The van der Waals surface area contributed by atoms with Crippen molar-refractivity contribution in [2.24, 2.45) is 0 Å². The molecule has 4 aliphatic rings. The normalized spacial score (nSPS) is 28.7. The SMILES string of the molecule is O=C(NC12CCC(n3cc(OCCCOC(F)(F)F)cn3)(C1)C2)[C@H]1C[C@@H](O)c2cc(Cl)c(F)cc2O1. The molecular formula is C23H24ClF4N3O5. The first-order valence-electron chi connectivity index (χ1n) is 11.5. The maximum absolute atomic E-state index is 13.9. The van der Waals surface area contributed by atoms with Gasteiger partial charge in [0.15, 0.2) is 11.9 Å². The fourth-order valence-corrected chi connectivity index (χ4v) is 5.65. The number of hydrogen-bond acceptors (Lipinski definition) is 6. The number of nitrogens with one attached hydrogen (secondary N) is 1. The van der Waals surface area contributed by atoms with E-state index < -0.39 is 36.5 Å². The molecule has 1 amide bonds. The number of hydrogen-bond donors (Lipinski definition) is 2. The summed E-state index contributed by atoms with van der Waals surface area (Å²) in [5, 5.41) is 17.7. The number of benzene rings is 1. The zero-order valence-corrected chi connectivity index (χ0v) is 19.7. The Morgan fingerprint density at radius 1 is 1.31 bits per heavy atom. The number of alkyl halides is 3. The Bertz CT molecular complexity index is 1150. The molecule has 2 aromatic rings. The molecule has 0 radical (unpaired) electrons. The molecule has 8 nitrogen and oxygen atoms in total. The minimum Gasteiger partial charge on any atom is -0.490 e. The highest BCUT2D eigenvalue weighted by atomic mass is 35.5. The molecule has 0 unspecified atom stereocenters. The predicted octanol–water partition coefficient (Wildman–Crippen LogP) is 4.00. The van der Waals surface area contributed by atoms with Gasteiger partial charge in [-0.15, -0.1) is 13.2 Å². The van der Waals surface area contributed by atoms with E-state index >= 15 is 0 Å². The van der Waals surface area contributed by atoms with E-state index in [1.165, 1.54) is 12.3 Å². The van der Waals surface area contributed by atoms with Crippen LogP contribution in [-0.2, 0) is 15.1 Å². The van der Waals surface area contributed by atoms with Gasteiger partial charge in [0.25, 0.3) is 5.91 Å². The number of halogens is 5. The van der Waals surface area contributed by atoms with Crippen LogP contribution in [0.15, 0.2) is 24.5 Å². The van der Waals surface area contributed by atoms with E-state index in [9.17, 15) is 27.5 Å². The molecule has 3 aliphatic carbocycles. The van der Waals surface area contributed by atoms with E-state index in [0.29, 0.717) is 24.2 Å². The Balaban J connectivity index is 1.14. The van der Waals surface area contributed by atoms with Crippen LogP contribution in [0.4, 0.5) is 17.6 Å². The standard InChI is InChI=1S/C23H24ClF4N3O5/c24-15-6-14-17(32)8-19(36-18(14)7-16(15)25)20(33)30-21-2-3-22(11-21,12-21)31-10-13(9-29-31)34-4-1-5-35-23(26,27)28/h6-7,9-10,17,19,32H,1-5,8,11-12H2,(H,30,33)/t17-,19-,21?,22?/m1/s1. The summed E-state index contributed by atoms with van der Waals surface area (Å²) >= 11 is 5.79. The highest BCUT2D eigenvalue weighted by Gasteiger charge is 2.63. The first kappa shape index (κ1) is 25.1. The quantitative estimate of drug-likeness (QED) is 0.393. The smallest absolute Gasteiger partial charge is 0.490 e. The predicted molar refractivity (Wildman–Crippen MR) is 117 cm³/mol. The Labute approximate surface area is 208 Å². The Hall–Kier alpha value is -2.57. The van der Waals surface area contributed by atoms with E-state index in [-0.39, 0.29) is 41.7 Å². The third-order valence-electron chi connectivity index (χ3n) is 7.07. The molecule has 2 bridgehead atoms. The van der Waals surface area contributed by atoms with Crippen LogP contribution in [0.1, 0.15) is 50.2 Å². The third-order valence-corrected chi connectivity index (χ3v) is 7.36. The van der Waals surface area contributed by atoms with Gasteiger partial charge in [0.05, 0.1) is 42.3 Å². The summed E-state index contributed by atoms with van der Waals surface area (Å²) < 4.78 is 66.5. The van der Waals surface area contributed by atoms with E-state index in [2.05, 4.69) is 15.2 Å². The number of aromatic nitrogens is 2. The van der Waals surface area contributed by atoms with Crippen LogP contribution < -0.4 is 14.8 Å². The van der Waals surface area contributed by atoms with Gasteiger partial charge in [0, 0.05) is 30.0 Å². The maximum atomic E-state index is 13.9. The average molecular weight is 534 g/mol. The number of carbonyl (C=O) groups excluding carboxylic acids is 1. The van der Waals surface area contributed by atoms with Crippen molar-refractivity contribution in [2.75, 3.05) is 13.2 Å².